The Hall–Kier alpha value is -2.66. The number of rotatable bonds is 6. The topological polar surface area (TPSA) is 52.7 Å². The van der Waals surface area contributed by atoms with Gasteiger partial charge in [-0.1, -0.05) is 43.3 Å². The Bertz CT molecular complexity index is 799. The van der Waals surface area contributed by atoms with E-state index in [2.05, 4.69) is 34.5 Å². The third-order valence-electron chi connectivity index (χ3n) is 5.27. The average molecular weight is 380 g/mol. The molecule has 2 aromatic rings. The summed E-state index contributed by atoms with van der Waals surface area (Å²) < 4.78 is 0. The molecule has 0 aromatic heterocycles. The Labute approximate surface area is 167 Å². The van der Waals surface area contributed by atoms with E-state index in [-0.39, 0.29) is 17.9 Å². The molecule has 0 bridgehead atoms. The van der Waals surface area contributed by atoms with Gasteiger partial charge >= 0.3 is 0 Å². The van der Waals surface area contributed by atoms with Crippen molar-refractivity contribution in [2.75, 3.05) is 26.2 Å². The van der Waals surface area contributed by atoms with Gasteiger partial charge in [0.05, 0.1) is 0 Å². The van der Waals surface area contributed by atoms with Crippen LogP contribution in [-0.2, 0) is 6.54 Å². The second kappa shape index (κ2) is 9.51. The SMILES string of the molecule is CCC(C)NC(=O)c1cccc(C(=O)N2CCN(Cc3ccccc3)CC2)c1. The first kappa shape index (κ1) is 20.1. The van der Waals surface area contributed by atoms with E-state index in [9.17, 15) is 9.59 Å². The molecule has 0 aliphatic carbocycles. The van der Waals surface area contributed by atoms with Gasteiger partial charge in [0.25, 0.3) is 11.8 Å². The van der Waals surface area contributed by atoms with E-state index in [1.165, 1.54) is 5.56 Å². The number of nitrogens with zero attached hydrogens (tertiary/aromatic N) is 2. The molecule has 1 N–H and O–H groups in total. The minimum atomic E-state index is -0.128. The number of hydrogen-bond acceptors (Lipinski definition) is 3. The number of amides is 2. The van der Waals surface area contributed by atoms with Crippen molar-refractivity contribution in [1.82, 2.24) is 15.1 Å². The summed E-state index contributed by atoms with van der Waals surface area (Å²) in [7, 11) is 0. The third-order valence-corrected chi connectivity index (χ3v) is 5.27. The highest BCUT2D eigenvalue weighted by Crippen LogP contribution is 2.13. The van der Waals surface area contributed by atoms with E-state index in [0.29, 0.717) is 24.2 Å². The predicted octanol–water partition coefficient (Wildman–Crippen LogP) is 3.17. The fourth-order valence-electron chi connectivity index (χ4n) is 3.34. The number of piperazine rings is 1. The van der Waals surface area contributed by atoms with Crippen LogP contribution in [0.1, 0.15) is 46.5 Å². The number of carbonyl (C=O) groups excluding carboxylic acids is 2. The van der Waals surface area contributed by atoms with Gasteiger partial charge in [0.15, 0.2) is 0 Å². The Balaban J connectivity index is 1.57. The third kappa shape index (κ3) is 5.20. The maximum absolute atomic E-state index is 12.9. The number of hydrogen-bond donors (Lipinski definition) is 1. The maximum Gasteiger partial charge on any atom is 0.253 e. The minimum Gasteiger partial charge on any atom is -0.350 e. The zero-order valence-electron chi connectivity index (χ0n) is 16.7. The molecule has 2 aromatic carbocycles. The van der Waals surface area contributed by atoms with Gasteiger partial charge in [0.2, 0.25) is 0 Å². The van der Waals surface area contributed by atoms with Gasteiger partial charge in [-0.2, -0.15) is 0 Å². The van der Waals surface area contributed by atoms with E-state index in [1.54, 1.807) is 24.3 Å². The largest absolute Gasteiger partial charge is 0.350 e. The molecule has 5 nitrogen and oxygen atoms in total. The van der Waals surface area contributed by atoms with Crippen molar-refractivity contribution < 1.29 is 9.59 Å². The van der Waals surface area contributed by atoms with Crippen molar-refractivity contribution >= 4 is 11.8 Å². The molecule has 0 spiro atoms. The van der Waals surface area contributed by atoms with Crippen LogP contribution in [0.3, 0.4) is 0 Å². The molecule has 3 rings (SSSR count). The lowest BCUT2D eigenvalue weighted by molar-refractivity contribution is 0.0628. The number of benzene rings is 2. The van der Waals surface area contributed by atoms with E-state index >= 15 is 0 Å². The van der Waals surface area contributed by atoms with Gasteiger partial charge < -0.3 is 10.2 Å². The highest BCUT2D eigenvalue weighted by atomic mass is 16.2. The predicted molar refractivity (Wildman–Crippen MR) is 111 cm³/mol. The lowest BCUT2D eigenvalue weighted by Gasteiger charge is -2.34. The van der Waals surface area contributed by atoms with Crippen LogP contribution < -0.4 is 5.32 Å². The molecule has 1 aliphatic heterocycles. The molecule has 0 radical (unpaired) electrons. The molecular weight excluding hydrogens is 350 g/mol. The molecule has 2 amide bonds. The van der Waals surface area contributed by atoms with Crippen LogP contribution in [0.4, 0.5) is 0 Å². The molecule has 5 heteroatoms. The molecular formula is C23H29N3O2. The van der Waals surface area contributed by atoms with Crippen LogP contribution in [0.15, 0.2) is 54.6 Å². The summed E-state index contributed by atoms with van der Waals surface area (Å²) in [6.07, 6.45) is 0.873. The molecule has 28 heavy (non-hydrogen) atoms. The Morgan fingerprint density at radius 3 is 2.32 bits per heavy atom. The van der Waals surface area contributed by atoms with Crippen molar-refractivity contribution in [3.05, 3.63) is 71.3 Å². The van der Waals surface area contributed by atoms with Crippen molar-refractivity contribution in [2.45, 2.75) is 32.9 Å². The smallest absolute Gasteiger partial charge is 0.253 e. The van der Waals surface area contributed by atoms with E-state index in [0.717, 1.165) is 26.1 Å². The van der Waals surface area contributed by atoms with Crippen molar-refractivity contribution in [3.63, 3.8) is 0 Å². The molecule has 1 unspecified atom stereocenters. The second-order valence-electron chi connectivity index (χ2n) is 7.42. The fraction of sp³-hybridized carbons (Fsp3) is 0.391. The average Bonchev–Trinajstić information content (AvgIpc) is 2.74. The monoisotopic (exact) mass is 379 g/mol. The quantitative estimate of drug-likeness (QED) is 0.839. The molecule has 0 saturated carbocycles. The molecule has 1 saturated heterocycles. The number of nitrogens with one attached hydrogen (secondary N) is 1. The van der Waals surface area contributed by atoms with Crippen LogP contribution >= 0.6 is 0 Å². The molecule has 1 atom stereocenters. The van der Waals surface area contributed by atoms with Crippen LogP contribution in [-0.4, -0.2) is 53.8 Å². The standard InChI is InChI=1S/C23H29N3O2/c1-3-18(2)24-22(27)20-10-7-11-21(16-20)23(28)26-14-12-25(13-15-26)17-19-8-5-4-6-9-19/h4-11,16,18H,3,12-15,17H2,1-2H3,(H,24,27). The molecule has 1 fully saturated rings. The van der Waals surface area contributed by atoms with Gasteiger partial charge in [0, 0.05) is 49.9 Å². The molecule has 1 aliphatic rings. The first-order valence-corrected chi connectivity index (χ1v) is 10.0. The van der Waals surface area contributed by atoms with Crippen LogP contribution in [0.2, 0.25) is 0 Å². The summed E-state index contributed by atoms with van der Waals surface area (Å²) in [5.41, 5.74) is 2.41. The van der Waals surface area contributed by atoms with E-state index in [1.807, 2.05) is 24.8 Å². The van der Waals surface area contributed by atoms with Crippen molar-refractivity contribution in [2.24, 2.45) is 0 Å². The van der Waals surface area contributed by atoms with Crippen LogP contribution in [0.5, 0.6) is 0 Å². The second-order valence-corrected chi connectivity index (χ2v) is 7.42. The van der Waals surface area contributed by atoms with Gasteiger partial charge in [-0.3, -0.25) is 14.5 Å². The fourth-order valence-corrected chi connectivity index (χ4v) is 3.34. The van der Waals surface area contributed by atoms with Gasteiger partial charge in [0.1, 0.15) is 0 Å². The number of carbonyl (C=O) groups is 2. The minimum absolute atomic E-state index is 0.00227. The lowest BCUT2D eigenvalue weighted by atomic mass is 10.1. The highest BCUT2D eigenvalue weighted by Gasteiger charge is 2.23. The maximum atomic E-state index is 12.9. The van der Waals surface area contributed by atoms with Gasteiger partial charge in [-0.05, 0) is 37.1 Å². The van der Waals surface area contributed by atoms with Crippen molar-refractivity contribution in [1.29, 1.82) is 0 Å². The van der Waals surface area contributed by atoms with Crippen LogP contribution in [0.25, 0.3) is 0 Å². The summed E-state index contributed by atoms with van der Waals surface area (Å²) in [5.74, 6) is -0.130. The normalized spacial score (nSPS) is 15.9. The van der Waals surface area contributed by atoms with Gasteiger partial charge in [-0.15, -0.1) is 0 Å². The van der Waals surface area contributed by atoms with Gasteiger partial charge in [-0.25, -0.2) is 0 Å². The summed E-state index contributed by atoms with van der Waals surface area (Å²) >= 11 is 0. The summed E-state index contributed by atoms with van der Waals surface area (Å²) in [5, 5.41) is 2.95. The van der Waals surface area contributed by atoms with E-state index < -0.39 is 0 Å². The van der Waals surface area contributed by atoms with Crippen molar-refractivity contribution in [3.8, 4) is 0 Å². The first-order valence-electron chi connectivity index (χ1n) is 10.0. The molecule has 1 heterocycles. The summed E-state index contributed by atoms with van der Waals surface area (Å²) in [6, 6.07) is 17.5. The first-order chi connectivity index (χ1) is 13.6. The molecule has 148 valence electrons. The van der Waals surface area contributed by atoms with E-state index in [4.69, 9.17) is 0 Å². The Morgan fingerprint density at radius 1 is 0.964 bits per heavy atom. The lowest BCUT2D eigenvalue weighted by Crippen LogP contribution is -2.48. The Morgan fingerprint density at radius 2 is 1.64 bits per heavy atom. The zero-order valence-corrected chi connectivity index (χ0v) is 16.7. The highest BCUT2D eigenvalue weighted by molar-refractivity contribution is 5.99. The van der Waals surface area contributed by atoms with Crippen LogP contribution in [0, 0.1) is 0 Å². The summed E-state index contributed by atoms with van der Waals surface area (Å²) in [4.78, 5) is 29.5. The Kier molecular flexibility index (Phi) is 6.82. The summed E-state index contributed by atoms with van der Waals surface area (Å²) in [6.45, 7) is 8.03. The zero-order chi connectivity index (χ0) is 19.9.